The lowest BCUT2D eigenvalue weighted by Gasteiger charge is -2.50. The molecule has 0 aliphatic heterocycles. The molecule has 2 N–H and O–H groups in total. The van der Waals surface area contributed by atoms with Crippen molar-refractivity contribution in [2.24, 2.45) is 34.0 Å². The van der Waals surface area contributed by atoms with E-state index in [1.165, 1.54) is 30.7 Å². The molecule has 1 aromatic carbocycles. The van der Waals surface area contributed by atoms with E-state index in [0.29, 0.717) is 29.3 Å². The smallest absolute Gasteiger partial charge is 0.415 e. The zero-order chi connectivity index (χ0) is 41.2. The Bertz CT molecular complexity index is 1930. The van der Waals surface area contributed by atoms with Crippen LogP contribution in [0.5, 0.6) is 11.6 Å². The zero-order valence-electron chi connectivity index (χ0n) is 34.6. The van der Waals surface area contributed by atoms with Crippen molar-refractivity contribution in [2.75, 3.05) is 33.1 Å². The van der Waals surface area contributed by atoms with Gasteiger partial charge in [-0.1, -0.05) is 69.2 Å². The molecule has 2 aromatic heterocycles. The lowest BCUT2D eigenvalue weighted by atomic mass is 9.59. The standard InChI is InChI=1S/C41H58N6O8/c1-23-20-25(39(2,3)4)32(26(21-23)40(5,6)7)54-36(49)30-31(42-11)35(55-38(51)46(12)19-15-16-29(48)53-14)47-34(30)44-33(45-47)24-17-18-28(52-13)27(22-24)43-37(50)41(8,9)10/h17-18,22-23,25-26,32H,15-16,19-21H2,1-10,12-14H3,(H,43,50)(H,44,45). The number of esters is 2. The van der Waals surface area contributed by atoms with Gasteiger partial charge in [-0.2, -0.15) is 0 Å². The number of methoxy groups -OCH3 is 2. The Hall–Kier alpha value is -5.06. The zero-order valence-corrected chi connectivity index (χ0v) is 34.6. The van der Waals surface area contributed by atoms with Crippen molar-refractivity contribution in [1.29, 1.82) is 0 Å². The van der Waals surface area contributed by atoms with Gasteiger partial charge < -0.3 is 29.2 Å². The van der Waals surface area contributed by atoms with Crippen LogP contribution < -0.4 is 14.8 Å². The Morgan fingerprint density at radius 2 is 1.64 bits per heavy atom. The highest BCUT2D eigenvalue weighted by molar-refractivity contribution is 6.05. The molecular weight excluding hydrogens is 704 g/mol. The predicted molar refractivity (Wildman–Crippen MR) is 209 cm³/mol. The molecule has 4 rings (SSSR count). The number of carbonyl (C=O) groups excluding carboxylic acids is 4. The molecule has 1 fully saturated rings. The van der Waals surface area contributed by atoms with Crippen molar-refractivity contribution in [1.82, 2.24) is 19.5 Å². The molecule has 1 aliphatic rings. The number of aromatic nitrogens is 3. The fraction of sp³-hybridized carbons (Fsp3) is 0.610. The number of benzene rings is 1. The van der Waals surface area contributed by atoms with Gasteiger partial charge in [0.1, 0.15) is 17.4 Å². The Kier molecular flexibility index (Phi) is 12.7. The normalized spacial score (nSPS) is 19.0. The highest BCUT2D eigenvalue weighted by Gasteiger charge is 2.48. The SMILES string of the molecule is [C-]#[N+]c1c(C(=O)OC2C(C(C)(C)C)CC(C)CC2C(C)(C)C)c2nc(-c3ccc(OC)c(NC(=O)C(C)(C)C)c3)[nH]n2c1OC(=O)N(C)CCCC(=O)OC. The highest BCUT2D eigenvalue weighted by atomic mass is 16.6. The van der Waals surface area contributed by atoms with Crippen LogP contribution in [0.25, 0.3) is 21.9 Å². The summed E-state index contributed by atoms with van der Waals surface area (Å²) in [4.78, 5) is 62.4. The number of amides is 2. The number of hydrogen-bond donors (Lipinski definition) is 2. The lowest BCUT2D eigenvalue weighted by molar-refractivity contribution is -0.140. The molecule has 3 aromatic rings. The molecule has 0 radical (unpaired) electrons. The minimum atomic E-state index is -0.816. The Morgan fingerprint density at radius 1 is 1.02 bits per heavy atom. The van der Waals surface area contributed by atoms with Gasteiger partial charge in [-0.3, -0.25) is 14.7 Å². The van der Waals surface area contributed by atoms with Crippen LogP contribution in [0.3, 0.4) is 0 Å². The fourth-order valence-electron chi connectivity index (χ4n) is 7.12. The molecular formula is C41H58N6O8. The lowest BCUT2D eigenvalue weighted by Crippen LogP contribution is -2.49. The molecule has 14 nitrogen and oxygen atoms in total. The minimum absolute atomic E-state index is 0.0297. The van der Waals surface area contributed by atoms with Gasteiger partial charge in [0.25, 0.3) is 5.69 Å². The molecule has 1 aliphatic carbocycles. The number of nitrogens with one attached hydrogen (secondary N) is 2. The first kappa shape index (κ1) is 42.7. The third-order valence-electron chi connectivity index (χ3n) is 10.4. The average Bonchev–Trinajstić information content (AvgIpc) is 3.64. The van der Waals surface area contributed by atoms with E-state index < -0.39 is 29.6 Å². The van der Waals surface area contributed by atoms with E-state index in [4.69, 9.17) is 30.5 Å². The van der Waals surface area contributed by atoms with Crippen LogP contribution >= 0.6 is 0 Å². The molecule has 300 valence electrons. The van der Waals surface area contributed by atoms with Gasteiger partial charge in [0.05, 0.1) is 26.5 Å². The minimum Gasteiger partial charge on any atom is -0.495 e. The third-order valence-corrected chi connectivity index (χ3v) is 10.4. The number of anilines is 1. The largest absolute Gasteiger partial charge is 0.495 e. The maximum atomic E-state index is 14.6. The number of rotatable bonds is 10. The molecule has 55 heavy (non-hydrogen) atoms. The van der Waals surface area contributed by atoms with Gasteiger partial charge in [0, 0.05) is 42.8 Å². The highest BCUT2D eigenvalue weighted by Crippen LogP contribution is 2.50. The Balaban J connectivity index is 1.86. The van der Waals surface area contributed by atoms with Gasteiger partial charge in [0.15, 0.2) is 11.5 Å². The summed E-state index contributed by atoms with van der Waals surface area (Å²) in [6, 6.07) is 5.09. The molecule has 0 bridgehead atoms. The van der Waals surface area contributed by atoms with Crippen LogP contribution in [0.1, 0.15) is 105 Å². The van der Waals surface area contributed by atoms with Crippen molar-refractivity contribution in [3.05, 3.63) is 35.2 Å². The van der Waals surface area contributed by atoms with Crippen LogP contribution in [-0.2, 0) is 19.1 Å². The summed E-state index contributed by atoms with van der Waals surface area (Å²) in [5, 5.41) is 6.02. The second-order valence-corrected chi connectivity index (χ2v) is 17.9. The number of hydrogen-bond acceptors (Lipinski definition) is 9. The molecule has 2 unspecified atom stereocenters. The Labute approximate surface area is 324 Å². The summed E-state index contributed by atoms with van der Waals surface area (Å²) in [7, 11) is 4.29. The fourth-order valence-corrected chi connectivity index (χ4v) is 7.12. The van der Waals surface area contributed by atoms with E-state index in [2.05, 4.69) is 63.7 Å². The van der Waals surface area contributed by atoms with E-state index in [0.717, 1.165) is 12.8 Å². The first-order chi connectivity index (χ1) is 25.5. The second kappa shape index (κ2) is 16.4. The second-order valence-electron chi connectivity index (χ2n) is 17.9. The molecule has 2 amide bonds. The summed E-state index contributed by atoms with van der Waals surface area (Å²) < 4.78 is 23.9. The molecule has 0 spiro atoms. The molecule has 2 atom stereocenters. The quantitative estimate of drug-likeness (QED) is 0.153. The summed E-state index contributed by atoms with van der Waals surface area (Å²) >= 11 is 0. The molecule has 14 heteroatoms. The van der Waals surface area contributed by atoms with Gasteiger partial charge >= 0.3 is 18.0 Å². The van der Waals surface area contributed by atoms with Crippen LogP contribution in [0.4, 0.5) is 16.2 Å². The van der Waals surface area contributed by atoms with Crippen molar-refractivity contribution < 1.29 is 38.1 Å². The summed E-state index contributed by atoms with van der Waals surface area (Å²) in [6.07, 6.45) is 0.888. The number of carbonyl (C=O) groups is 4. The first-order valence-electron chi connectivity index (χ1n) is 18.7. The van der Waals surface area contributed by atoms with E-state index in [9.17, 15) is 19.2 Å². The van der Waals surface area contributed by atoms with Crippen molar-refractivity contribution in [2.45, 2.75) is 101 Å². The van der Waals surface area contributed by atoms with Gasteiger partial charge in [-0.15, -0.1) is 0 Å². The maximum absolute atomic E-state index is 14.6. The van der Waals surface area contributed by atoms with Crippen molar-refractivity contribution in [3.63, 3.8) is 0 Å². The van der Waals surface area contributed by atoms with Crippen LogP contribution in [0.15, 0.2) is 18.2 Å². The van der Waals surface area contributed by atoms with Crippen molar-refractivity contribution in [3.8, 4) is 23.0 Å². The van der Waals surface area contributed by atoms with E-state index in [1.54, 1.807) is 39.0 Å². The van der Waals surface area contributed by atoms with Crippen LogP contribution in [0.2, 0.25) is 0 Å². The monoisotopic (exact) mass is 762 g/mol. The maximum Gasteiger partial charge on any atom is 0.415 e. The van der Waals surface area contributed by atoms with Crippen molar-refractivity contribution >= 4 is 41.0 Å². The van der Waals surface area contributed by atoms with Gasteiger partial charge in [-0.05, 0) is 54.2 Å². The predicted octanol–water partition coefficient (Wildman–Crippen LogP) is 8.54. The van der Waals surface area contributed by atoms with Gasteiger partial charge in [-0.25, -0.2) is 23.9 Å². The summed E-state index contributed by atoms with van der Waals surface area (Å²) in [6.45, 7) is 28.9. The van der Waals surface area contributed by atoms with Crippen LogP contribution in [-0.4, -0.2) is 77.4 Å². The first-order valence-corrected chi connectivity index (χ1v) is 18.7. The third kappa shape index (κ3) is 9.61. The molecule has 1 saturated carbocycles. The number of ether oxygens (including phenoxy) is 4. The van der Waals surface area contributed by atoms with Gasteiger partial charge in [0.2, 0.25) is 11.8 Å². The Morgan fingerprint density at radius 3 is 2.16 bits per heavy atom. The summed E-state index contributed by atoms with van der Waals surface area (Å²) in [5.74, 6) is -0.456. The van der Waals surface area contributed by atoms with E-state index in [1.807, 2.05) is 0 Å². The summed E-state index contributed by atoms with van der Waals surface area (Å²) in [5.41, 5.74) is -0.489. The average molecular weight is 763 g/mol. The van der Waals surface area contributed by atoms with E-state index >= 15 is 0 Å². The number of aromatic amines is 1. The number of fused-ring (bicyclic) bond motifs is 1. The molecule has 0 saturated heterocycles. The topological polar surface area (TPSA) is 158 Å². The number of nitrogens with zero attached hydrogens (tertiary/aromatic N) is 4. The van der Waals surface area contributed by atoms with Crippen LogP contribution in [0, 0.1) is 40.6 Å². The van der Waals surface area contributed by atoms with E-state index in [-0.39, 0.29) is 70.1 Å². The number of H-pyrrole nitrogens is 1. The molecule has 2 heterocycles.